The summed E-state index contributed by atoms with van der Waals surface area (Å²) in [4.78, 5) is 2.46. The fraction of sp³-hybridized carbons (Fsp3) is 0.625. The Balaban J connectivity index is 2.33. The quantitative estimate of drug-likeness (QED) is 0.867. The summed E-state index contributed by atoms with van der Waals surface area (Å²) in [6, 6.07) is 6.68. The highest BCUT2D eigenvalue weighted by Crippen LogP contribution is 2.37. The minimum atomic E-state index is 0.0364. The third-order valence-corrected chi connectivity index (χ3v) is 4.65. The second kappa shape index (κ2) is 4.93. The molecule has 100 valence electrons. The van der Waals surface area contributed by atoms with Crippen LogP contribution in [0, 0.1) is 19.8 Å². The van der Waals surface area contributed by atoms with Crippen molar-refractivity contribution in [3.63, 3.8) is 0 Å². The molecule has 2 heteroatoms. The predicted molar refractivity (Wildman–Crippen MR) is 77.2 cm³/mol. The molecule has 2 rings (SSSR count). The molecule has 1 atom stereocenters. The molecule has 0 amide bonds. The number of anilines is 1. The summed E-state index contributed by atoms with van der Waals surface area (Å²) in [5, 5.41) is 9.56. The lowest BCUT2D eigenvalue weighted by molar-refractivity contribution is 0.136. The van der Waals surface area contributed by atoms with Crippen molar-refractivity contribution in [2.45, 2.75) is 46.1 Å². The number of rotatable bonds is 2. The molecule has 0 radical (unpaired) electrons. The van der Waals surface area contributed by atoms with E-state index >= 15 is 0 Å². The Morgan fingerprint density at radius 2 is 2.00 bits per heavy atom. The Labute approximate surface area is 111 Å². The largest absolute Gasteiger partial charge is 0.396 e. The van der Waals surface area contributed by atoms with Gasteiger partial charge in [-0.2, -0.15) is 0 Å². The number of aryl methyl sites for hydroxylation is 2. The van der Waals surface area contributed by atoms with Gasteiger partial charge < -0.3 is 10.0 Å². The first-order chi connectivity index (χ1) is 8.46. The van der Waals surface area contributed by atoms with Gasteiger partial charge in [-0.3, -0.25) is 0 Å². The van der Waals surface area contributed by atoms with E-state index in [4.69, 9.17) is 0 Å². The number of benzene rings is 1. The van der Waals surface area contributed by atoms with Crippen LogP contribution in [0.2, 0.25) is 0 Å². The number of aliphatic hydroxyl groups excluding tert-OH is 1. The zero-order valence-corrected chi connectivity index (χ0v) is 12.0. The minimum absolute atomic E-state index is 0.0364. The molecule has 1 fully saturated rings. The topological polar surface area (TPSA) is 23.5 Å². The molecular formula is C16H25NO. The number of aliphatic hydroxyl groups is 1. The van der Waals surface area contributed by atoms with Gasteiger partial charge in [-0.25, -0.2) is 0 Å². The Morgan fingerprint density at radius 3 is 2.61 bits per heavy atom. The van der Waals surface area contributed by atoms with Gasteiger partial charge in [0.1, 0.15) is 0 Å². The van der Waals surface area contributed by atoms with Gasteiger partial charge in [0.05, 0.1) is 0 Å². The first-order valence-corrected chi connectivity index (χ1v) is 6.92. The van der Waals surface area contributed by atoms with Gasteiger partial charge in [0, 0.05) is 30.3 Å². The lowest BCUT2D eigenvalue weighted by Gasteiger charge is -2.49. The molecule has 1 N–H and O–H groups in total. The maximum Gasteiger partial charge on any atom is 0.0481 e. The summed E-state index contributed by atoms with van der Waals surface area (Å²) < 4.78 is 0. The van der Waals surface area contributed by atoms with Crippen LogP contribution in [-0.2, 0) is 0 Å². The Hall–Kier alpha value is -1.02. The van der Waals surface area contributed by atoms with Crippen LogP contribution in [0.25, 0.3) is 0 Å². The summed E-state index contributed by atoms with van der Waals surface area (Å²) in [6.07, 6.45) is 2.30. The first-order valence-electron chi connectivity index (χ1n) is 6.92. The molecule has 1 aliphatic rings. The monoisotopic (exact) mass is 247 g/mol. The van der Waals surface area contributed by atoms with E-state index in [-0.39, 0.29) is 12.1 Å². The van der Waals surface area contributed by atoms with Crippen molar-refractivity contribution in [3.05, 3.63) is 29.3 Å². The van der Waals surface area contributed by atoms with E-state index in [0.717, 1.165) is 13.0 Å². The average molecular weight is 247 g/mol. The molecule has 1 aromatic carbocycles. The lowest BCUT2D eigenvalue weighted by Crippen LogP contribution is -2.54. The molecular weight excluding hydrogens is 222 g/mol. The van der Waals surface area contributed by atoms with Gasteiger partial charge in [0.25, 0.3) is 0 Å². The highest BCUT2D eigenvalue weighted by molar-refractivity contribution is 5.53. The average Bonchev–Trinajstić information content (AvgIpc) is 2.32. The van der Waals surface area contributed by atoms with Crippen molar-refractivity contribution in [1.82, 2.24) is 0 Å². The van der Waals surface area contributed by atoms with E-state index in [1.807, 2.05) is 0 Å². The molecule has 0 spiro atoms. The Morgan fingerprint density at radius 1 is 1.28 bits per heavy atom. The maximum atomic E-state index is 9.56. The molecule has 1 unspecified atom stereocenters. The zero-order valence-electron chi connectivity index (χ0n) is 12.0. The van der Waals surface area contributed by atoms with Crippen molar-refractivity contribution >= 4 is 5.69 Å². The fourth-order valence-electron chi connectivity index (χ4n) is 3.03. The molecule has 1 heterocycles. The van der Waals surface area contributed by atoms with Crippen LogP contribution >= 0.6 is 0 Å². The molecule has 0 aromatic heterocycles. The standard InChI is InChI=1S/C16H25NO/c1-12-7-8-15(10-13(12)2)17-9-5-6-14(11-18)16(17,3)4/h7-8,10,14,18H,5-6,9,11H2,1-4H3. The van der Waals surface area contributed by atoms with Crippen LogP contribution in [0.5, 0.6) is 0 Å². The van der Waals surface area contributed by atoms with E-state index in [1.54, 1.807) is 0 Å². The summed E-state index contributed by atoms with van der Waals surface area (Å²) in [5.74, 6) is 0.368. The van der Waals surface area contributed by atoms with E-state index in [0.29, 0.717) is 5.92 Å². The normalized spacial score (nSPS) is 23.2. The smallest absolute Gasteiger partial charge is 0.0481 e. The summed E-state index contributed by atoms with van der Waals surface area (Å²) in [7, 11) is 0. The number of hydrogen-bond donors (Lipinski definition) is 1. The number of piperidine rings is 1. The van der Waals surface area contributed by atoms with Gasteiger partial charge in [0.2, 0.25) is 0 Å². The zero-order chi connectivity index (χ0) is 13.3. The Kier molecular flexibility index (Phi) is 3.67. The molecule has 0 aliphatic carbocycles. The second-order valence-electron chi connectivity index (χ2n) is 6.10. The van der Waals surface area contributed by atoms with Crippen molar-refractivity contribution in [1.29, 1.82) is 0 Å². The van der Waals surface area contributed by atoms with Crippen LogP contribution in [0.3, 0.4) is 0 Å². The van der Waals surface area contributed by atoms with Crippen molar-refractivity contribution < 1.29 is 5.11 Å². The van der Waals surface area contributed by atoms with Crippen LogP contribution < -0.4 is 4.90 Å². The van der Waals surface area contributed by atoms with Crippen LogP contribution in [0.1, 0.15) is 37.8 Å². The molecule has 0 bridgehead atoms. The molecule has 1 aliphatic heterocycles. The Bertz CT molecular complexity index is 425. The molecule has 0 saturated carbocycles. The number of hydrogen-bond acceptors (Lipinski definition) is 2. The van der Waals surface area contributed by atoms with Gasteiger partial charge in [-0.15, -0.1) is 0 Å². The number of nitrogens with zero attached hydrogens (tertiary/aromatic N) is 1. The highest BCUT2D eigenvalue weighted by Gasteiger charge is 2.38. The summed E-state index contributed by atoms with van der Waals surface area (Å²) in [5.41, 5.74) is 4.01. The van der Waals surface area contributed by atoms with Crippen molar-refractivity contribution in [2.24, 2.45) is 5.92 Å². The van der Waals surface area contributed by atoms with E-state index in [9.17, 15) is 5.11 Å². The third-order valence-electron chi connectivity index (χ3n) is 4.65. The van der Waals surface area contributed by atoms with E-state index in [2.05, 4.69) is 50.8 Å². The van der Waals surface area contributed by atoms with Crippen molar-refractivity contribution in [3.8, 4) is 0 Å². The predicted octanol–water partition coefficient (Wildman–Crippen LogP) is 3.29. The second-order valence-corrected chi connectivity index (χ2v) is 6.10. The van der Waals surface area contributed by atoms with E-state index in [1.165, 1.54) is 23.2 Å². The molecule has 1 aromatic rings. The minimum Gasteiger partial charge on any atom is -0.396 e. The van der Waals surface area contributed by atoms with Crippen LogP contribution in [0.4, 0.5) is 5.69 Å². The van der Waals surface area contributed by atoms with Gasteiger partial charge in [-0.1, -0.05) is 6.07 Å². The van der Waals surface area contributed by atoms with Gasteiger partial charge >= 0.3 is 0 Å². The first kappa shape index (κ1) is 13.4. The van der Waals surface area contributed by atoms with Crippen LogP contribution in [-0.4, -0.2) is 23.8 Å². The van der Waals surface area contributed by atoms with Gasteiger partial charge in [-0.05, 0) is 63.8 Å². The molecule has 18 heavy (non-hydrogen) atoms. The molecule has 1 saturated heterocycles. The third kappa shape index (κ3) is 2.26. The van der Waals surface area contributed by atoms with Crippen molar-refractivity contribution in [2.75, 3.05) is 18.1 Å². The summed E-state index contributed by atoms with van der Waals surface area (Å²) >= 11 is 0. The van der Waals surface area contributed by atoms with Gasteiger partial charge in [0.15, 0.2) is 0 Å². The molecule has 2 nitrogen and oxygen atoms in total. The fourth-order valence-corrected chi connectivity index (χ4v) is 3.03. The lowest BCUT2D eigenvalue weighted by atomic mass is 9.79. The SMILES string of the molecule is Cc1ccc(N2CCCC(CO)C2(C)C)cc1C. The summed E-state index contributed by atoms with van der Waals surface area (Å²) in [6.45, 7) is 10.2. The highest BCUT2D eigenvalue weighted by atomic mass is 16.3. The van der Waals surface area contributed by atoms with Crippen LogP contribution in [0.15, 0.2) is 18.2 Å². The van der Waals surface area contributed by atoms with E-state index < -0.39 is 0 Å². The maximum absolute atomic E-state index is 9.56.